The fourth-order valence-electron chi connectivity index (χ4n) is 3.78. The predicted molar refractivity (Wildman–Crippen MR) is 154 cm³/mol. The third-order valence-corrected chi connectivity index (χ3v) is 8.43. The van der Waals surface area contributed by atoms with Gasteiger partial charge in [0.05, 0.1) is 16.5 Å². The number of benzene rings is 3. The Balaban J connectivity index is 0.000000275. The Morgan fingerprint density at radius 1 is 0.842 bits per heavy atom. The zero-order valence-corrected chi connectivity index (χ0v) is 24.4. The number of fused-ring (bicyclic) bond motifs is 1. The van der Waals surface area contributed by atoms with E-state index in [1.165, 1.54) is 24.1 Å². The fourth-order valence-corrected chi connectivity index (χ4v) is 5.81. The van der Waals surface area contributed by atoms with Crippen molar-refractivity contribution < 1.29 is 17.9 Å². The molecule has 1 aromatic heterocycles. The van der Waals surface area contributed by atoms with E-state index in [2.05, 4.69) is 11.1 Å². The van der Waals surface area contributed by atoms with E-state index in [4.69, 9.17) is 32.7 Å². The second-order valence-corrected chi connectivity index (χ2v) is 11.7. The molecular formula is C29H32Cl2N2O4S. The van der Waals surface area contributed by atoms with Crippen LogP contribution in [-0.2, 0) is 26.0 Å². The molecule has 0 spiro atoms. The van der Waals surface area contributed by atoms with Crippen molar-refractivity contribution in [1.29, 1.82) is 0 Å². The summed E-state index contributed by atoms with van der Waals surface area (Å²) in [5.41, 5.74) is 3.90. The minimum absolute atomic E-state index is 0.0490. The third kappa shape index (κ3) is 7.76. The lowest BCUT2D eigenvalue weighted by molar-refractivity contribution is -0.108. The maximum atomic E-state index is 13.2. The number of aromatic nitrogens is 1. The van der Waals surface area contributed by atoms with Crippen molar-refractivity contribution in [2.75, 3.05) is 20.8 Å². The largest absolute Gasteiger partial charge is 0.354 e. The highest BCUT2D eigenvalue weighted by Crippen LogP contribution is 2.25. The first-order valence-corrected chi connectivity index (χ1v) is 14.1. The van der Waals surface area contributed by atoms with E-state index in [1.54, 1.807) is 36.7 Å². The molecule has 0 unspecified atom stereocenters. The molecule has 0 bridgehead atoms. The molecule has 0 saturated heterocycles. The monoisotopic (exact) mass is 574 g/mol. The quantitative estimate of drug-likeness (QED) is 0.213. The van der Waals surface area contributed by atoms with Gasteiger partial charge in [-0.05, 0) is 73.2 Å². The molecule has 6 nitrogen and oxygen atoms in total. The van der Waals surface area contributed by atoms with E-state index in [1.807, 2.05) is 51.1 Å². The lowest BCUT2D eigenvalue weighted by Gasteiger charge is -2.26. The van der Waals surface area contributed by atoms with Crippen molar-refractivity contribution in [3.05, 3.63) is 105 Å². The lowest BCUT2D eigenvalue weighted by atomic mass is 10.1. The lowest BCUT2D eigenvalue weighted by Crippen LogP contribution is -2.38. The average molecular weight is 576 g/mol. The highest BCUT2D eigenvalue weighted by atomic mass is 35.5. The Hall–Kier alpha value is -2.52. The number of pyridine rings is 1. The number of ether oxygens (including phenoxy) is 2. The second-order valence-electron chi connectivity index (χ2n) is 8.95. The Kier molecular flexibility index (Phi) is 10.7. The molecule has 0 aliphatic heterocycles. The molecule has 1 heterocycles. The molecule has 38 heavy (non-hydrogen) atoms. The smallest absolute Gasteiger partial charge is 0.243 e. The van der Waals surface area contributed by atoms with E-state index < -0.39 is 16.3 Å². The number of hydrogen-bond donors (Lipinski definition) is 0. The minimum Gasteiger partial charge on any atom is -0.354 e. The Labute approximate surface area is 235 Å². The third-order valence-electron chi connectivity index (χ3n) is 5.94. The normalized spacial score (nSPS) is 11.6. The summed E-state index contributed by atoms with van der Waals surface area (Å²) in [6.45, 7) is 6.05. The number of aryl methyl sites for hydroxylation is 3. The maximum absolute atomic E-state index is 13.2. The highest BCUT2D eigenvalue weighted by Gasteiger charge is 2.28. The maximum Gasteiger partial charge on any atom is 0.243 e. The molecule has 0 saturated carbocycles. The number of sulfonamides is 1. The molecule has 0 atom stereocenters. The molecule has 9 heteroatoms. The van der Waals surface area contributed by atoms with Crippen LogP contribution in [0.15, 0.2) is 78.0 Å². The van der Waals surface area contributed by atoms with Crippen molar-refractivity contribution in [2.24, 2.45) is 0 Å². The molecule has 3 aromatic carbocycles. The summed E-state index contributed by atoms with van der Waals surface area (Å²) in [5, 5.41) is 3.47. The molecular weight excluding hydrogens is 543 g/mol. The van der Waals surface area contributed by atoms with Crippen LogP contribution in [0.3, 0.4) is 0 Å². The first-order valence-electron chi connectivity index (χ1n) is 11.9. The van der Waals surface area contributed by atoms with Gasteiger partial charge in [-0.3, -0.25) is 4.98 Å². The summed E-state index contributed by atoms with van der Waals surface area (Å²) in [4.78, 5) is 4.24. The topological polar surface area (TPSA) is 68.7 Å². The van der Waals surface area contributed by atoms with Gasteiger partial charge in [-0.2, -0.15) is 4.31 Å². The Bertz CT molecular complexity index is 1470. The standard InChI is InChI=1S/C19H24ClNO4S.C10H8ClN/c1-14-6-9-17(10-7-14)26(22,23)21(13-19(24-3)25-4)12-16-8-5-15(2)11-18(16)20;1-7-4-8-2-3-12-6-9(8)10(11)5-7/h5-11,19H,12-13H2,1-4H3;2-6H,1H3. The zero-order valence-electron chi connectivity index (χ0n) is 22.1. The number of methoxy groups -OCH3 is 2. The summed E-state index contributed by atoms with van der Waals surface area (Å²) in [6, 6.07) is 18.3. The van der Waals surface area contributed by atoms with Crippen molar-refractivity contribution in [3.8, 4) is 0 Å². The molecule has 202 valence electrons. The summed E-state index contributed by atoms with van der Waals surface area (Å²) >= 11 is 12.3. The van der Waals surface area contributed by atoms with Crippen molar-refractivity contribution >= 4 is 44.0 Å². The van der Waals surface area contributed by atoms with E-state index in [9.17, 15) is 8.42 Å². The molecule has 0 aliphatic rings. The van der Waals surface area contributed by atoms with Gasteiger partial charge in [0.2, 0.25) is 10.0 Å². The summed E-state index contributed by atoms with van der Waals surface area (Å²) < 4.78 is 38.1. The highest BCUT2D eigenvalue weighted by molar-refractivity contribution is 7.89. The van der Waals surface area contributed by atoms with Crippen molar-refractivity contribution in [1.82, 2.24) is 9.29 Å². The number of halogens is 2. The van der Waals surface area contributed by atoms with Crippen LogP contribution in [0.25, 0.3) is 10.8 Å². The minimum atomic E-state index is -3.74. The molecule has 0 fully saturated rings. The van der Waals surface area contributed by atoms with Gasteiger partial charge in [-0.25, -0.2) is 8.42 Å². The van der Waals surface area contributed by atoms with Crippen LogP contribution in [0.4, 0.5) is 0 Å². The van der Waals surface area contributed by atoms with Crippen LogP contribution >= 0.6 is 23.2 Å². The SMILES string of the molecule is COC(CN(Cc1ccc(C)cc1Cl)S(=O)(=O)c1ccc(C)cc1)OC.Cc1cc(Cl)c2cnccc2c1. The number of rotatable bonds is 8. The van der Waals surface area contributed by atoms with E-state index in [0.717, 1.165) is 32.5 Å². The molecule has 0 amide bonds. The zero-order chi connectivity index (χ0) is 27.9. The average Bonchev–Trinajstić information content (AvgIpc) is 2.88. The van der Waals surface area contributed by atoms with Gasteiger partial charge in [-0.15, -0.1) is 0 Å². The molecule has 0 aliphatic carbocycles. The van der Waals surface area contributed by atoms with Gasteiger partial charge in [0.1, 0.15) is 0 Å². The molecule has 4 aromatic rings. The van der Waals surface area contributed by atoms with Crippen LogP contribution in [0.5, 0.6) is 0 Å². The van der Waals surface area contributed by atoms with Gasteiger partial charge < -0.3 is 9.47 Å². The number of nitrogens with zero attached hydrogens (tertiary/aromatic N) is 2. The van der Waals surface area contributed by atoms with Crippen molar-refractivity contribution in [2.45, 2.75) is 38.5 Å². The first kappa shape index (κ1) is 30.0. The molecule has 0 N–H and O–H groups in total. The van der Waals surface area contributed by atoms with Crippen LogP contribution in [0.2, 0.25) is 10.0 Å². The predicted octanol–water partition coefficient (Wildman–Crippen LogP) is 6.96. The fraction of sp³-hybridized carbons (Fsp3) is 0.276. The van der Waals surface area contributed by atoms with Gasteiger partial charge in [0, 0.05) is 43.6 Å². The summed E-state index contributed by atoms with van der Waals surface area (Å²) in [7, 11) is -0.792. The molecule has 4 rings (SSSR count). The van der Waals surface area contributed by atoms with E-state index in [0.29, 0.717) is 5.02 Å². The van der Waals surface area contributed by atoms with E-state index in [-0.39, 0.29) is 18.0 Å². The van der Waals surface area contributed by atoms with Crippen LogP contribution in [-0.4, -0.2) is 44.8 Å². The van der Waals surface area contributed by atoms with Gasteiger partial charge >= 0.3 is 0 Å². The molecule has 0 radical (unpaired) electrons. The van der Waals surface area contributed by atoms with E-state index >= 15 is 0 Å². The summed E-state index contributed by atoms with van der Waals surface area (Å²) in [6.07, 6.45) is 2.88. The Morgan fingerprint density at radius 3 is 2.11 bits per heavy atom. The van der Waals surface area contributed by atoms with Gasteiger partial charge in [0.15, 0.2) is 6.29 Å². The summed E-state index contributed by atoms with van der Waals surface area (Å²) in [5.74, 6) is 0. The van der Waals surface area contributed by atoms with Crippen LogP contribution in [0.1, 0.15) is 22.3 Å². The van der Waals surface area contributed by atoms with Crippen molar-refractivity contribution in [3.63, 3.8) is 0 Å². The first-order chi connectivity index (χ1) is 18.0. The van der Waals surface area contributed by atoms with Crippen LogP contribution in [0, 0.1) is 20.8 Å². The van der Waals surface area contributed by atoms with Gasteiger partial charge in [0.25, 0.3) is 0 Å². The second kappa shape index (κ2) is 13.5. The number of hydrogen-bond acceptors (Lipinski definition) is 5. The Morgan fingerprint density at radius 2 is 1.47 bits per heavy atom. The van der Waals surface area contributed by atoms with Crippen LogP contribution < -0.4 is 0 Å². The van der Waals surface area contributed by atoms with Gasteiger partial charge in [-0.1, -0.05) is 59.1 Å².